The molecule has 0 fully saturated rings. The van der Waals surface area contributed by atoms with Gasteiger partial charge in [0.2, 0.25) is 5.91 Å². The highest BCUT2D eigenvalue weighted by Crippen LogP contribution is 2.29. The van der Waals surface area contributed by atoms with Gasteiger partial charge in [-0.3, -0.25) is 4.79 Å². The third kappa shape index (κ3) is 3.44. The van der Waals surface area contributed by atoms with Gasteiger partial charge in [-0.05, 0) is 38.5 Å². The van der Waals surface area contributed by atoms with Crippen LogP contribution < -0.4 is 10.6 Å². The van der Waals surface area contributed by atoms with Gasteiger partial charge >= 0.3 is 0 Å². The first-order valence-electron chi connectivity index (χ1n) is 6.36. The highest BCUT2D eigenvalue weighted by molar-refractivity contribution is 7.22. The molecule has 1 aromatic carbocycles. The molecule has 0 atom stereocenters. The maximum absolute atomic E-state index is 11.0. The normalized spacial score (nSPS) is 11.6. The second-order valence-corrected chi connectivity index (χ2v) is 6.28. The minimum absolute atomic E-state index is 0.0597. The molecule has 0 bridgehead atoms. The largest absolute Gasteiger partial charge is 0.380 e. The van der Waals surface area contributed by atoms with Crippen molar-refractivity contribution in [3.05, 3.63) is 18.2 Å². The molecule has 0 aliphatic heterocycles. The Balaban J connectivity index is 2.27. The fraction of sp³-hybridized carbons (Fsp3) is 0.429. The van der Waals surface area contributed by atoms with Crippen LogP contribution >= 0.6 is 11.3 Å². The zero-order valence-corrected chi connectivity index (χ0v) is 12.5. The maximum atomic E-state index is 11.0. The van der Waals surface area contributed by atoms with Crippen LogP contribution in [0.5, 0.6) is 0 Å². The number of aromatic nitrogens is 1. The zero-order chi connectivity index (χ0) is 14.0. The molecule has 5 heteroatoms. The van der Waals surface area contributed by atoms with Gasteiger partial charge in [-0.25, -0.2) is 4.98 Å². The van der Waals surface area contributed by atoms with Gasteiger partial charge in [0, 0.05) is 18.2 Å². The zero-order valence-electron chi connectivity index (χ0n) is 11.7. The van der Waals surface area contributed by atoms with Crippen LogP contribution in [0.4, 0.5) is 10.8 Å². The maximum Gasteiger partial charge on any atom is 0.223 e. The molecule has 1 heterocycles. The lowest BCUT2D eigenvalue weighted by molar-refractivity contribution is -0.114. The third-order valence-corrected chi connectivity index (χ3v) is 3.99. The molecule has 2 rings (SSSR count). The quantitative estimate of drug-likeness (QED) is 0.892. The molecule has 4 nitrogen and oxygen atoms in total. The topological polar surface area (TPSA) is 54.0 Å². The smallest absolute Gasteiger partial charge is 0.223 e. The molecule has 2 N–H and O–H groups in total. The summed E-state index contributed by atoms with van der Waals surface area (Å²) in [5.41, 5.74) is 2.02. The number of hydrogen-bond donors (Lipinski definition) is 2. The fourth-order valence-corrected chi connectivity index (χ4v) is 2.58. The number of rotatable bonds is 4. The third-order valence-electron chi connectivity index (χ3n) is 3.04. The van der Waals surface area contributed by atoms with E-state index in [0.29, 0.717) is 5.13 Å². The van der Waals surface area contributed by atoms with Crippen LogP contribution in [-0.2, 0) is 4.79 Å². The minimum atomic E-state index is -0.0930. The predicted molar refractivity (Wildman–Crippen MR) is 81.9 cm³/mol. The summed E-state index contributed by atoms with van der Waals surface area (Å²) in [6.45, 7) is 7.98. The van der Waals surface area contributed by atoms with Gasteiger partial charge in [-0.2, -0.15) is 0 Å². The van der Waals surface area contributed by atoms with Gasteiger partial charge in [-0.15, -0.1) is 0 Å². The Hall–Kier alpha value is -1.62. The number of carbonyl (C=O) groups is 1. The molecule has 0 aliphatic carbocycles. The van der Waals surface area contributed by atoms with E-state index in [-0.39, 0.29) is 11.4 Å². The number of fused-ring (bicyclic) bond motifs is 1. The van der Waals surface area contributed by atoms with Crippen LogP contribution in [0.2, 0.25) is 0 Å². The van der Waals surface area contributed by atoms with Crippen molar-refractivity contribution in [3.8, 4) is 0 Å². The first-order chi connectivity index (χ1) is 8.89. The molecule has 2 aromatic rings. The lowest BCUT2D eigenvalue weighted by Gasteiger charge is -2.25. The lowest BCUT2D eigenvalue weighted by atomic mass is 10.0. The number of hydrogen-bond acceptors (Lipinski definition) is 4. The van der Waals surface area contributed by atoms with E-state index in [1.807, 2.05) is 12.1 Å². The number of amides is 1. The second-order valence-electron chi connectivity index (χ2n) is 5.25. The number of nitrogens with one attached hydrogen (secondary N) is 2. The molecule has 0 unspecified atom stereocenters. The molecule has 1 aromatic heterocycles. The fourth-order valence-electron chi connectivity index (χ4n) is 1.69. The van der Waals surface area contributed by atoms with E-state index < -0.39 is 0 Å². The van der Waals surface area contributed by atoms with Crippen molar-refractivity contribution in [2.75, 3.05) is 10.6 Å². The Morgan fingerprint density at radius 2 is 2.16 bits per heavy atom. The molecular weight excluding hydrogens is 258 g/mol. The van der Waals surface area contributed by atoms with E-state index in [1.165, 1.54) is 18.3 Å². The summed E-state index contributed by atoms with van der Waals surface area (Å²) in [5.74, 6) is -0.0930. The standard InChI is InChI=1S/C14H19N3OS/c1-5-14(3,4)17-10-6-7-12-11(8-10)16-13(19-12)15-9(2)18/h6-8,17H,5H2,1-4H3,(H,15,16,18). The van der Waals surface area contributed by atoms with E-state index >= 15 is 0 Å². The average Bonchev–Trinajstić information content (AvgIpc) is 2.69. The number of anilines is 2. The summed E-state index contributed by atoms with van der Waals surface area (Å²) in [5, 5.41) is 6.86. The molecule has 102 valence electrons. The average molecular weight is 277 g/mol. The van der Waals surface area contributed by atoms with Crippen molar-refractivity contribution in [1.82, 2.24) is 4.98 Å². The van der Waals surface area contributed by atoms with Gasteiger partial charge < -0.3 is 10.6 Å². The van der Waals surface area contributed by atoms with Gasteiger partial charge in [0.1, 0.15) is 0 Å². The van der Waals surface area contributed by atoms with E-state index in [9.17, 15) is 4.79 Å². The van der Waals surface area contributed by atoms with Crippen LogP contribution in [-0.4, -0.2) is 16.4 Å². The first kappa shape index (κ1) is 13.8. The number of benzene rings is 1. The summed E-state index contributed by atoms with van der Waals surface area (Å²) >= 11 is 1.49. The molecule has 19 heavy (non-hydrogen) atoms. The Kier molecular flexibility index (Phi) is 3.75. The molecule has 0 radical (unpaired) electrons. The molecule has 1 amide bonds. The minimum Gasteiger partial charge on any atom is -0.380 e. The summed E-state index contributed by atoms with van der Waals surface area (Å²) < 4.78 is 1.07. The van der Waals surface area contributed by atoms with Crippen molar-refractivity contribution in [3.63, 3.8) is 0 Å². The van der Waals surface area contributed by atoms with Gasteiger partial charge in [0.05, 0.1) is 10.2 Å². The van der Waals surface area contributed by atoms with Crippen LogP contribution in [0.25, 0.3) is 10.2 Å². The number of nitrogens with zero attached hydrogens (tertiary/aromatic N) is 1. The van der Waals surface area contributed by atoms with Crippen molar-refractivity contribution in [2.24, 2.45) is 0 Å². The second kappa shape index (κ2) is 5.17. The van der Waals surface area contributed by atoms with Crippen LogP contribution in [0.15, 0.2) is 18.2 Å². The Morgan fingerprint density at radius 1 is 1.42 bits per heavy atom. The SMILES string of the molecule is CCC(C)(C)Nc1ccc2sc(NC(C)=O)nc2c1. The van der Waals surface area contributed by atoms with Crippen molar-refractivity contribution in [2.45, 2.75) is 39.7 Å². The molecule has 0 aliphatic rings. The highest BCUT2D eigenvalue weighted by atomic mass is 32.1. The first-order valence-corrected chi connectivity index (χ1v) is 7.17. The summed E-state index contributed by atoms with van der Waals surface area (Å²) in [6, 6.07) is 6.11. The molecule has 0 spiro atoms. The Bertz CT molecular complexity index is 604. The van der Waals surface area contributed by atoms with Gasteiger partial charge in [0.25, 0.3) is 0 Å². The van der Waals surface area contributed by atoms with E-state index in [0.717, 1.165) is 22.3 Å². The van der Waals surface area contributed by atoms with Gasteiger partial charge in [0.15, 0.2) is 5.13 Å². The Labute approximate surface area is 117 Å². The van der Waals surface area contributed by atoms with Crippen molar-refractivity contribution in [1.29, 1.82) is 0 Å². The molecule has 0 saturated heterocycles. The molecule has 0 saturated carbocycles. The van der Waals surface area contributed by atoms with Crippen LogP contribution in [0, 0.1) is 0 Å². The predicted octanol–water partition coefficient (Wildman–Crippen LogP) is 3.86. The van der Waals surface area contributed by atoms with Crippen molar-refractivity contribution >= 4 is 38.3 Å². The highest BCUT2D eigenvalue weighted by Gasteiger charge is 2.14. The summed E-state index contributed by atoms with van der Waals surface area (Å²) in [6.07, 6.45) is 1.04. The van der Waals surface area contributed by atoms with Crippen LogP contribution in [0.3, 0.4) is 0 Å². The van der Waals surface area contributed by atoms with Crippen molar-refractivity contribution < 1.29 is 4.79 Å². The summed E-state index contributed by atoms with van der Waals surface area (Å²) in [4.78, 5) is 15.4. The van der Waals surface area contributed by atoms with E-state index in [1.54, 1.807) is 0 Å². The lowest BCUT2D eigenvalue weighted by Crippen LogP contribution is -2.29. The monoisotopic (exact) mass is 277 g/mol. The van der Waals surface area contributed by atoms with E-state index in [4.69, 9.17) is 0 Å². The Morgan fingerprint density at radius 3 is 2.79 bits per heavy atom. The van der Waals surface area contributed by atoms with Crippen LogP contribution in [0.1, 0.15) is 34.1 Å². The van der Waals surface area contributed by atoms with Gasteiger partial charge in [-0.1, -0.05) is 18.3 Å². The number of thiazole rings is 1. The summed E-state index contributed by atoms with van der Waals surface area (Å²) in [7, 11) is 0. The molecular formula is C14H19N3OS. The number of carbonyl (C=O) groups excluding carboxylic acids is 1. The van der Waals surface area contributed by atoms with E-state index in [2.05, 4.69) is 42.5 Å².